The molecule has 0 aromatic heterocycles. The Kier molecular flexibility index (Phi) is 3.18. The van der Waals surface area contributed by atoms with Gasteiger partial charge in [0.25, 0.3) is 0 Å². The molecule has 0 bridgehead atoms. The van der Waals surface area contributed by atoms with Gasteiger partial charge in [0.2, 0.25) is 5.91 Å². The average Bonchev–Trinajstić information content (AvgIpc) is 2.88. The lowest BCUT2D eigenvalue weighted by Gasteiger charge is -2.27. The van der Waals surface area contributed by atoms with Crippen molar-refractivity contribution < 1.29 is 14.3 Å². The van der Waals surface area contributed by atoms with Gasteiger partial charge in [-0.15, -0.1) is 0 Å². The van der Waals surface area contributed by atoms with Gasteiger partial charge in [0.05, 0.1) is 11.6 Å². The minimum Gasteiger partial charge on any atom is -0.444 e. The Hall–Kier alpha value is -2.08. The van der Waals surface area contributed by atoms with Crippen molar-refractivity contribution in [3.8, 4) is 0 Å². The standard InChI is InChI=1S/C16H21N3O3/c1-15(2,3)22-14(21)19-9-16(8-12(19)17)10-6-4-5-7-11(10)18-13(16)20/h4-7,12H,8-9,17H2,1-3H3,(H,18,20)/t12-,16-/m0/s1. The summed E-state index contributed by atoms with van der Waals surface area (Å²) in [6.45, 7) is 5.66. The van der Waals surface area contributed by atoms with E-state index in [1.54, 1.807) is 20.8 Å². The third-order valence-electron chi connectivity index (χ3n) is 4.15. The molecular weight excluding hydrogens is 282 g/mol. The average molecular weight is 303 g/mol. The number of benzene rings is 1. The Labute approximate surface area is 129 Å². The lowest BCUT2D eigenvalue weighted by molar-refractivity contribution is -0.120. The molecule has 118 valence electrons. The molecule has 3 N–H and O–H groups in total. The first-order valence-corrected chi connectivity index (χ1v) is 7.39. The zero-order valence-electron chi connectivity index (χ0n) is 13.1. The van der Waals surface area contributed by atoms with E-state index in [4.69, 9.17) is 10.5 Å². The van der Waals surface area contributed by atoms with Crippen molar-refractivity contribution in [1.82, 2.24) is 4.90 Å². The minimum absolute atomic E-state index is 0.102. The van der Waals surface area contributed by atoms with Crippen molar-refractivity contribution >= 4 is 17.7 Å². The fourth-order valence-electron chi connectivity index (χ4n) is 3.19. The van der Waals surface area contributed by atoms with Crippen LogP contribution in [0.5, 0.6) is 0 Å². The van der Waals surface area contributed by atoms with Crippen LogP contribution in [0.25, 0.3) is 0 Å². The summed E-state index contributed by atoms with van der Waals surface area (Å²) in [6.07, 6.45) is -0.615. The third kappa shape index (κ3) is 2.23. The molecule has 0 aliphatic carbocycles. The first-order chi connectivity index (χ1) is 10.2. The molecule has 6 heteroatoms. The number of anilines is 1. The van der Waals surface area contributed by atoms with Crippen molar-refractivity contribution in [2.24, 2.45) is 5.73 Å². The smallest absolute Gasteiger partial charge is 0.411 e. The second-order valence-electron chi connectivity index (χ2n) is 6.96. The zero-order valence-corrected chi connectivity index (χ0v) is 13.1. The topological polar surface area (TPSA) is 84.7 Å². The van der Waals surface area contributed by atoms with E-state index in [0.717, 1.165) is 11.3 Å². The van der Waals surface area contributed by atoms with Crippen LogP contribution in [0.2, 0.25) is 0 Å². The summed E-state index contributed by atoms with van der Waals surface area (Å²) in [7, 11) is 0. The van der Waals surface area contributed by atoms with Gasteiger partial charge in [-0.05, 0) is 32.4 Å². The number of para-hydroxylation sites is 1. The fourth-order valence-corrected chi connectivity index (χ4v) is 3.19. The van der Waals surface area contributed by atoms with Gasteiger partial charge >= 0.3 is 6.09 Å². The van der Waals surface area contributed by atoms with E-state index in [1.165, 1.54) is 4.90 Å². The molecular formula is C16H21N3O3. The maximum atomic E-state index is 12.5. The zero-order chi connectivity index (χ0) is 16.1. The summed E-state index contributed by atoms with van der Waals surface area (Å²) in [4.78, 5) is 26.3. The number of carbonyl (C=O) groups is 2. The molecule has 22 heavy (non-hydrogen) atoms. The molecule has 0 saturated carbocycles. The SMILES string of the molecule is CC(C)(C)OC(=O)N1C[C@]2(C[C@H]1N)C(=O)Nc1ccccc12. The monoisotopic (exact) mass is 303 g/mol. The van der Waals surface area contributed by atoms with Crippen LogP contribution in [0.15, 0.2) is 24.3 Å². The maximum absolute atomic E-state index is 12.5. The lowest BCUT2D eigenvalue weighted by Crippen LogP contribution is -2.44. The van der Waals surface area contributed by atoms with Crippen molar-refractivity contribution in [2.75, 3.05) is 11.9 Å². The number of likely N-dealkylation sites (tertiary alicyclic amines) is 1. The minimum atomic E-state index is -0.771. The van der Waals surface area contributed by atoms with E-state index >= 15 is 0 Å². The molecule has 2 amide bonds. The van der Waals surface area contributed by atoms with Crippen molar-refractivity contribution in [1.29, 1.82) is 0 Å². The Morgan fingerprint density at radius 3 is 2.77 bits per heavy atom. The van der Waals surface area contributed by atoms with Crippen molar-refractivity contribution in [2.45, 2.75) is 44.4 Å². The Morgan fingerprint density at radius 2 is 2.09 bits per heavy atom. The van der Waals surface area contributed by atoms with Crippen molar-refractivity contribution in [3.05, 3.63) is 29.8 Å². The molecule has 6 nitrogen and oxygen atoms in total. The highest BCUT2D eigenvalue weighted by Gasteiger charge is 2.55. The molecule has 1 fully saturated rings. The van der Waals surface area contributed by atoms with Crippen LogP contribution in [0.3, 0.4) is 0 Å². The maximum Gasteiger partial charge on any atom is 0.411 e. The predicted molar refractivity (Wildman–Crippen MR) is 82.3 cm³/mol. The third-order valence-corrected chi connectivity index (χ3v) is 4.15. The highest BCUT2D eigenvalue weighted by atomic mass is 16.6. The molecule has 0 radical (unpaired) electrons. The van der Waals surface area contributed by atoms with Crippen LogP contribution in [0, 0.1) is 0 Å². The quantitative estimate of drug-likeness (QED) is 0.765. The number of hydrogen-bond acceptors (Lipinski definition) is 4. The second kappa shape index (κ2) is 4.71. The Bertz CT molecular complexity index is 638. The lowest BCUT2D eigenvalue weighted by atomic mass is 9.80. The number of amides is 2. The first kappa shape index (κ1) is 14.8. The fraction of sp³-hybridized carbons (Fsp3) is 0.500. The number of nitrogens with zero attached hydrogens (tertiary/aromatic N) is 1. The highest BCUT2D eigenvalue weighted by Crippen LogP contribution is 2.45. The molecule has 0 unspecified atom stereocenters. The summed E-state index contributed by atoms with van der Waals surface area (Å²) in [5.74, 6) is -0.102. The summed E-state index contributed by atoms with van der Waals surface area (Å²) < 4.78 is 5.39. The van der Waals surface area contributed by atoms with Crippen LogP contribution in [0.1, 0.15) is 32.8 Å². The number of carbonyl (C=O) groups excluding carboxylic acids is 2. The van der Waals surface area contributed by atoms with Gasteiger partial charge in [-0.3, -0.25) is 9.69 Å². The van der Waals surface area contributed by atoms with Gasteiger partial charge in [0, 0.05) is 18.7 Å². The van der Waals surface area contributed by atoms with Gasteiger partial charge in [-0.2, -0.15) is 0 Å². The van der Waals surface area contributed by atoms with E-state index in [-0.39, 0.29) is 12.5 Å². The number of hydrogen-bond donors (Lipinski definition) is 2. The normalized spacial score (nSPS) is 27.0. The molecule has 2 heterocycles. The van der Waals surface area contributed by atoms with E-state index < -0.39 is 23.3 Å². The second-order valence-corrected chi connectivity index (χ2v) is 6.96. The number of nitrogens with two attached hydrogens (primary N) is 1. The molecule has 2 aliphatic heterocycles. The number of ether oxygens (including phenoxy) is 1. The molecule has 1 saturated heterocycles. The van der Waals surface area contributed by atoms with Gasteiger partial charge in [-0.1, -0.05) is 18.2 Å². The van der Waals surface area contributed by atoms with Crippen LogP contribution < -0.4 is 11.1 Å². The van der Waals surface area contributed by atoms with Gasteiger partial charge < -0.3 is 15.8 Å². The summed E-state index contributed by atoms with van der Waals surface area (Å²) >= 11 is 0. The molecule has 3 rings (SSSR count). The summed E-state index contributed by atoms with van der Waals surface area (Å²) in [5.41, 5.74) is 6.45. The molecule has 1 aromatic carbocycles. The van der Waals surface area contributed by atoms with Gasteiger partial charge in [0.1, 0.15) is 5.60 Å². The van der Waals surface area contributed by atoms with Gasteiger partial charge in [-0.25, -0.2) is 4.79 Å². The first-order valence-electron chi connectivity index (χ1n) is 7.39. The number of nitrogens with one attached hydrogen (secondary N) is 1. The Morgan fingerprint density at radius 1 is 1.41 bits per heavy atom. The number of rotatable bonds is 0. The van der Waals surface area contributed by atoms with Gasteiger partial charge in [0.15, 0.2) is 0 Å². The predicted octanol–water partition coefficient (Wildman–Crippen LogP) is 1.80. The van der Waals surface area contributed by atoms with E-state index in [0.29, 0.717) is 6.42 Å². The molecule has 2 aliphatic rings. The van der Waals surface area contributed by atoms with Crippen LogP contribution in [0.4, 0.5) is 10.5 Å². The van der Waals surface area contributed by atoms with E-state index in [9.17, 15) is 9.59 Å². The van der Waals surface area contributed by atoms with E-state index in [2.05, 4.69) is 5.32 Å². The molecule has 1 spiro atoms. The largest absolute Gasteiger partial charge is 0.444 e. The van der Waals surface area contributed by atoms with Crippen LogP contribution in [-0.4, -0.2) is 35.2 Å². The van der Waals surface area contributed by atoms with E-state index in [1.807, 2.05) is 24.3 Å². The molecule has 2 atom stereocenters. The summed E-state index contributed by atoms with van der Waals surface area (Å²) in [6, 6.07) is 7.54. The number of fused-ring (bicyclic) bond motifs is 2. The molecule has 1 aromatic rings. The van der Waals surface area contributed by atoms with Crippen LogP contribution >= 0.6 is 0 Å². The van der Waals surface area contributed by atoms with Crippen molar-refractivity contribution in [3.63, 3.8) is 0 Å². The highest BCUT2D eigenvalue weighted by molar-refractivity contribution is 6.07. The van der Waals surface area contributed by atoms with Crippen LogP contribution in [-0.2, 0) is 14.9 Å². The summed E-state index contributed by atoms with van der Waals surface area (Å²) in [5, 5.41) is 2.89. The Balaban J connectivity index is 1.90.